The summed E-state index contributed by atoms with van der Waals surface area (Å²) in [6, 6.07) is 9.54. The van der Waals surface area contributed by atoms with Gasteiger partial charge in [-0.1, -0.05) is 23.7 Å². The molecule has 25 heavy (non-hydrogen) atoms. The van der Waals surface area contributed by atoms with Gasteiger partial charge in [-0.05, 0) is 24.6 Å². The van der Waals surface area contributed by atoms with E-state index in [4.69, 9.17) is 16.3 Å². The van der Waals surface area contributed by atoms with E-state index in [2.05, 4.69) is 10.6 Å². The van der Waals surface area contributed by atoms with Gasteiger partial charge in [-0.3, -0.25) is 14.9 Å². The molecule has 0 bridgehead atoms. The van der Waals surface area contributed by atoms with E-state index >= 15 is 0 Å². The van der Waals surface area contributed by atoms with E-state index in [1.54, 1.807) is 12.1 Å². The van der Waals surface area contributed by atoms with Crippen LogP contribution in [0.5, 0.6) is 5.75 Å². The van der Waals surface area contributed by atoms with Crippen molar-refractivity contribution in [2.24, 2.45) is 0 Å². The van der Waals surface area contributed by atoms with Crippen LogP contribution in [0.1, 0.15) is 15.9 Å². The number of non-ortho nitro benzene ring substituents is 1. The van der Waals surface area contributed by atoms with E-state index in [1.165, 1.54) is 25.3 Å². The Bertz CT molecular complexity index is 795. The number of methoxy groups -OCH3 is 1. The topological polar surface area (TPSA) is 93.5 Å². The Balaban J connectivity index is 1.90. The van der Waals surface area contributed by atoms with Crippen molar-refractivity contribution in [2.45, 2.75) is 6.92 Å². The lowest BCUT2D eigenvalue weighted by atomic mass is 10.1. The number of amides is 1. The first-order valence-electron chi connectivity index (χ1n) is 7.53. The van der Waals surface area contributed by atoms with Crippen molar-refractivity contribution in [2.75, 3.05) is 25.5 Å². The van der Waals surface area contributed by atoms with E-state index in [9.17, 15) is 14.9 Å². The number of nitrogens with zero attached hydrogens (tertiary/aromatic N) is 1. The van der Waals surface area contributed by atoms with Crippen molar-refractivity contribution in [1.29, 1.82) is 0 Å². The van der Waals surface area contributed by atoms with Crippen LogP contribution in [-0.2, 0) is 0 Å². The Morgan fingerprint density at radius 2 is 2.04 bits per heavy atom. The highest BCUT2D eigenvalue weighted by atomic mass is 35.5. The molecule has 2 aromatic rings. The predicted molar refractivity (Wildman–Crippen MR) is 96.7 cm³/mol. The van der Waals surface area contributed by atoms with Gasteiger partial charge in [0, 0.05) is 25.2 Å². The number of halogens is 1. The third-order valence-electron chi connectivity index (χ3n) is 3.55. The summed E-state index contributed by atoms with van der Waals surface area (Å²) < 4.78 is 5.27. The van der Waals surface area contributed by atoms with Gasteiger partial charge in [0.05, 0.1) is 28.3 Å². The average Bonchev–Trinajstić information content (AvgIpc) is 2.59. The maximum absolute atomic E-state index is 12.3. The smallest absolute Gasteiger partial charge is 0.271 e. The largest absolute Gasteiger partial charge is 0.496 e. The SMILES string of the molecule is COc1c(C)cccc1C(=O)NCCNc1ccc([N+](=O)[O-])cc1Cl. The molecule has 2 aromatic carbocycles. The van der Waals surface area contributed by atoms with Crippen LogP contribution in [0.15, 0.2) is 36.4 Å². The molecular formula is C17H18ClN3O4. The molecule has 1 amide bonds. The number of nitrogens with one attached hydrogen (secondary N) is 2. The zero-order chi connectivity index (χ0) is 18.4. The lowest BCUT2D eigenvalue weighted by Crippen LogP contribution is -2.29. The highest BCUT2D eigenvalue weighted by Gasteiger charge is 2.13. The summed E-state index contributed by atoms with van der Waals surface area (Å²) in [5.41, 5.74) is 1.84. The fourth-order valence-electron chi connectivity index (χ4n) is 2.33. The van der Waals surface area contributed by atoms with Crippen molar-refractivity contribution in [3.8, 4) is 5.75 Å². The molecule has 0 atom stereocenters. The molecule has 0 spiro atoms. The molecule has 0 aliphatic heterocycles. The van der Waals surface area contributed by atoms with Crippen molar-refractivity contribution < 1.29 is 14.5 Å². The number of para-hydroxylation sites is 1. The first-order valence-corrected chi connectivity index (χ1v) is 7.91. The fraction of sp³-hybridized carbons (Fsp3) is 0.235. The molecule has 0 heterocycles. The minimum Gasteiger partial charge on any atom is -0.496 e. The van der Waals surface area contributed by atoms with E-state index in [-0.39, 0.29) is 16.6 Å². The van der Waals surface area contributed by atoms with Gasteiger partial charge < -0.3 is 15.4 Å². The number of benzene rings is 2. The number of anilines is 1. The summed E-state index contributed by atoms with van der Waals surface area (Å²) in [7, 11) is 1.53. The Morgan fingerprint density at radius 1 is 1.28 bits per heavy atom. The third-order valence-corrected chi connectivity index (χ3v) is 3.86. The van der Waals surface area contributed by atoms with Crippen LogP contribution in [0, 0.1) is 17.0 Å². The van der Waals surface area contributed by atoms with E-state index in [0.717, 1.165) is 5.56 Å². The molecule has 0 fully saturated rings. The van der Waals surface area contributed by atoms with Crippen LogP contribution >= 0.6 is 11.6 Å². The molecule has 132 valence electrons. The Labute approximate surface area is 150 Å². The Morgan fingerprint density at radius 3 is 2.68 bits per heavy atom. The van der Waals surface area contributed by atoms with Crippen LogP contribution in [0.25, 0.3) is 0 Å². The van der Waals surface area contributed by atoms with Crippen LogP contribution in [-0.4, -0.2) is 31.0 Å². The second kappa shape index (κ2) is 8.34. The number of carbonyl (C=O) groups is 1. The number of rotatable bonds is 7. The lowest BCUT2D eigenvalue weighted by Gasteiger charge is -2.12. The van der Waals surface area contributed by atoms with Crippen molar-refractivity contribution >= 4 is 28.9 Å². The number of carbonyl (C=O) groups excluding carboxylic acids is 1. The molecule has 0 radical (unpaired) electrons. The van der Waals surface area contributed by atoms with Crippen molar-refractivity contribution in [3.63, 3.8) is 0 Å². The molecule has 8 heteroatoms. The summed E-state index contributed by atoms with van der Waals surface area (Å²) in [6.07, 6.45) is 0. The maximum atomic E-state index is 12.3. The molecule has 0 saturated carbocycles. The summed E-state index contributed by atoms with van der Waals surface area (Å²) >= 11 is 6.00. The zero-order valence-electron chi connectivity index (χ0n) is 13.8. The monoisotopic (exact) mass is 363 g/mol. The van der Waals surface area contributed by atoms with Gasteiger partial charge in [0.15, 0.2) is 0 Å². The standard InChI is InChI=1S/C17H18ClN3O4/c1-11-4-3-5-13(16(11)25-2)17(22)20-9-8-19-15-7-6-12(21(23)24)10-14(15)18/h3-7,10,19H,8-9H2,1-2H3,(H,20,22). The second-order valence-electron chi connectivity index (χ2n) is 5.26. The number of hydrogen-bond donors (Lipinski definition) is 2. The first-order chi connectivity index (χ1) is 11.9. The van der Waals surface area contributed by atoms with Gasteiger partial charge in [-0.15, -0.1) is 0 Å². The van der Waals surface area contributed by atoms with E-state index in [0.29, 0.717) is 30.1 Å². The van der Waals surface area contributed by atoms with E-state index in [1.807, 2.05) is 13.0 Å². The quantitative estimate of drug-likeness (QED) is 0.446. The minimum atomic E-state index is -0.509. The normalized spacial score (nSPS) is 10.2. The minimum absolute atomic E-state index is 0.0737. The molecular weight excluding hydrogens is 346 g/mol. The summed E-state index contributed by atoms with van der Waals surface area (Å²) in [6.45, 7) is 2.63. The maximum Gasteiger partial charge on any atom is 0.271 e. The molecule has 2 rings (SSSR count). The summed E-state index contributed by atoms with van der Waals surface area (Å²) in [4.78, 5) is 22.4. The predicted octanol–water partition coefficient (Wildman–Crippen LogP) is 3.41. The zero-order valence-corrected chi connectivity index (χ0v) is 14.6. The van der Waals surface area contributed by atoms with Crippen molar-refractivity contribution in [1.82, 2.24) is 5.32 Å². The van der Waals surface area contributed by atoms with E-state index < -0.39 is 4.92 Å². The molecule has 0 aromatic heterocycles. The number of ether oxygens (including phenoxy) is 1. The third kappa shape index (κ3) is 4.60. The van der Waals surface area contributed by atoms with Crippen LogP contribution in [0.3, 0.4) is 0 Å². The number of aryl methyl sites for hydroxylation is 1. The van der Waals surface area contributed by atoms with Crippen LogP contribution < -0.4 is 15.4 Å². The molecule has 2 N–H and O–H groups in total. The van der Waals surface area contributed by atoms with Gasteiger partial charge in [-0.25, -0.2) is 0 Å². The van der Waals surface area contributed by atoms with Crippen LogP contribution in [0.4, 0.5) is 11.4 Å². The molecule has 0 saturated heterocycles. The highest BCUT2D eigenvalue weighted by Crippen LogP contribution is 2.26. The van der Waals surface area contributed by atoms with Gasteiger partial charge in [0.25, 0.3) is 11.6 Å². The fourth-order valence-corrected chi connectivity index (χ4v) is 2.57. The van der Waals surface area contributed by atoms with Gasteiger partial charge >= 0.3 is 0 Å². The van der Waals surface area contributed by atoms with Gasteiger partial charge in [0.1, 0.15) is 5.75 Å². The van der Waals surface area contributed by atoms with Gasteiger partial charge in [-0.2, -0.15) is 0 Å². The molecule has 7 nitrogen and oxygen atoms in total. The van der Waals surface area contributed by atoms with Gasteiger partial charge in [0.2, 0.25) is 0 Å². The molecule has 0 unspecified atom stereocenters. The first kappa shape index (κ1) is 18.5. The molecule has 0 aliphatic carbocycles. The second-order valence-corrected chi connectivity index (χ2v) is 5.67. The molecule has 0 aliphatic rings. The van der Waals surface area contributed by atoms with Crippen molar-refractivity contribution in [3.05, 3.63) is 62.7 Å². The summed E-state index contributed by atoms with van der Waals surface area (Å²) in [5, 5.41) is 16.7. The number of nitro groups is 1. The Hall–Kier alpha value is -2.80. The Kier molecular flexibility index (Phi) is 6.19. The number of nitro benzene ring substituents is 1. The number of hydrogen-bond acceptors (Lipinski definition) is 5. The summed E-state index contributed by atoms with van der Waals surface area (Å²) in [5.74, 6) is 0.309. The average molecular weight is 364 g/mol. The highest BCUT2D eigenvalue weighted by molar-refractivity contribution is 6.33. The van der Waals surface area contributed by atoms with Crippen LogP contribution in [0.2, 0.25) is 5.02 Å². The lowest BCUT2D eigenvalue weighted by molar-refractivity contribution is -0.384.